The molecule has 4 rings (SSSR count). The van der Waals surface area contributed by atoms with Crippen LogP contribution in [0.3, 0.4) is 0 Å². The van der Waals surface area contributed by atoms with Gasteiger partial charge in [-0.1, -0.05) is 40.4 Å². The number of halogens is 2. The minimum atomic E-state index is -2.97. The first-order chi connectivity index (χ1) is 15.4. The van der Waals surface area contributed by atoms with Crippen LogP contribution in [0.5, 0.6) is 0 Å². The smallest absolute Gasteiger partial charge is 0.284 e. The van der Waals surface area contributed by atoms with Gasteiger partial charge >= 0.3 is 0 Å². The number of hydrogen-bond acceptors (Lipinski definition) is 7. The molecular weight excluding hydrogens is 449 g/mol. The Bertz CT molecular complexity index is 1030. The molecule has 0 amide bonds. The highest BCUT2D eigenvalue weighted by molar-refractivity contribution is 7.18. The summed E-state index contributed by atoms with van der Waals surface area (Å²) < 4.78 is 28.8. The average molecular weight is 479 g/mol. The molecule has 1 saturated heterocycles. The molecule has 0 spiro atoms. The monoisotopic (exact) mass is 478 g/mol. The highest BCUT2D eigenvalue weighted by Crippen LogP contribution is 2.37. The molecule has 1 aromatic carbocycles. The molecule has 32 heavy (non-hydrogen) atoms. The van der Waals surface area contributed by atoms with E-state index < -0.39 is 5.66 Å². The first-order valence-corrected chi connectivity index (χ1v) is 12.3. The zero-order chi connectivity index (χ0) is 22.6. The third-order valence-corrected chi connectivity index (χ3v) is 6.97. The second-order valence-electron chi connectivity index (χ2n) is 7.87. The van der Waals surface area contributed by atoms with Gasteiger partial charge < -0.3 is 15.5 Å². The Morgan fingerprint density at radius 2 is 1.81 bits per heavy atom. The molecule has 1 atom stereocenters. The van der Waals surface area contributed by atoms with Crippen molar-refractivity contribution < 1.29 is 8.78 Å². The van der Waals surface area contributed by atoms with Crippen LogP contribution in [0.1, 0.15) is 18.1 Å². The third kappa shape index (κ3) is 5.70. The number of benzene rings is 1. The Kier molecular flexibility index (Phi) is 7.51. The van der Waals surface area contributed by atoms with Gasteiger partial charge in [0.15, 0.2) is 0 Å². The number of aromatic nitrogens is 2. The fourth-order valence-electron chi connectivity index (χ4n) is 3.90. The number of fused-ring (bicyclic) bond motifs is 1. The van der Waals surface area contributed by atoms with Crippen LogP contribution < -0.4 is 10.6 Å². The molecule has 3 aromatic rings. The van der Waals surface area contributed by atoms with Gasteiger partial charge in [0.25, 0.3) is 5.66 Å². The lowest BCUT2D eigenvalue weighted by Crippen LogP contribution is -2.47. The predicted molar refractivity (Wildman–Crippen MR) is 132 cm³/mol. The maximum Gasteiger partial charge on any atom is 0.284 e. The third-order valence-electron chi connectivity index (χ3n) is 5.75. The van der Waals surface area contributed by atoms with Crippen molar-refractivity contribution in [2.24, 2.45) is 0 Å². The molecule has 2 N–H and O–H groups in total. The number of hydrogen-bond donors (Lipinski definition) is 2. The molecule has 1 aliphatic rings. The average Bonchev–Trinajstić information content (AvgIpc) is 3.26. The molecule has 0 bridgehead atoms. The number of nitrogens with one attached hydrogen (secondary N) is 2. The van der Waals surface area contributed by atoms with E-state index in [1.54, 1.807) is 27.4 Å². The van der Waals surface area contributed by atoms with E-state index in [9.17, 15) is 8.78 Å². The van der Waals surface area contributed by atoms with Crippen LogP contribution in [-0.2, 0) is 12.2 Å². The summed E-state index contributed by atoms with van der Waals surface area (Å²) >= 11 is 1.54. The molecule has 1 fully saturated rings. The van der Waals surface area contributed by atoms with Gasteiger partial charge in [-0.3, -0.25) is 4.90 Å². The topological polar surface area (TPSA) is 56.3 Å². The lowest BCUT2D eigenvalue weighted by atomic mass is 10.1. The quantitative estimate of drug-likeness (QED) is 0.448. The lowest BCUT2D eigenvalue weighted by Gasteiger charge is -2.33. The molecule has 0 radical (unpaired) electrons. The fraction of sp³-hybridized carbons (Fsp3) is 0.455. The summed E-state index contributed by atoms with van der Waals surface area (Å²) in [6, 6.07) is 8.52. The van der Waals surface area contributed by atoms with Crippen LogP contribution in [0.2, 0.25) is 0 Å². The second kappa shape index (κ2) is 10.3. The van der Waals surface area contributed by atoms with Crippen LogP contribution in [0.4, 0.5) is 20.5 Å². The fourth-order valence-corrected chi connectivity index (χ4v) is 4.97. The number of nitrogens with zero attached hydrogens (tertiary/aromatic N) is 4. The van der Waals surface area contributed by atoms with E-state index in [1.807, 2.05) is 11.4 Å². The van der Waals surface area contributed by atoms with Gasteiger partial charge in [0.1, 0.15) is 5.82 Å². The maximum atomic E-state index is 13.9. The molecule has 6 nitrogen and oxygen atoms in total. The van der Waals surface area contributed by atoms with Crippen molar-refractivity contribution in [3.8, 4) is 0 Å². The highest BCUT2D eigenvalue weighted by atomic mass is 32.1. The summed E-state index contributed by atoms with van der Waals surface area (Å²) in [5.74, 6) is 1.21. The summed E-state index contributed by atoms with van der Waals surface area (Å²) in [7, 11) is 1.62. The standard InChI is InChI=1S/C22H29F2N6PS/c1-2-29-10-12-30(13-11-29)9-8-25-21-27-18-7-14-32-19(18)20(28-21)26-15-16-5-3-4-6-17(16)22(23,24)31/h3-7,14H,2,8-13,15,31H2,1H3,(H2,25,26,27,28). The van der Waals surface area contributed by atoms with Gasteiger partial charge in [-0.2, -0.15) is 13.8 Å². The van der Waals surface area contributed by atoms with E-state index in [0.717, 1.165) is 56.0 Å². The maximum absolute atomic E-state index is 13.9. The summed E-state index contributed by atoms with van der Waals surface area (Å²) in [6.07, 6.45) is 0. The van der Waals surface area contributed by atoms with E-state index in [1.165, 1.54) is 17.4 Å². The molecule has 0 saturated carbocycles. The molecule has 3 heterocycles. The Hall–Kier alpha value is -1.93. The van der Waals surface area contributed by atoms with Crippen molar-refractivity contribution in [3.05, 3.63) is 46.8 Å². The Balaban J connectivity index is 1.41. The molecule has 0 aliphatic carbocycles. The van der Waals surface area contributed by atoms with Gasteiger partial charge in [-0.15, -0.1) is 11.3 Å². The second-order valence-corrected chi connectivity index (χ2v) is 9.51. The number of alkyl halides is 2. The summed E-state index contributed by atoms with van der Waals surface area (Å²) in [5, 5.41) is 8.56. The van der Waals surface area contributed by atoms with E-state index in [-0.39, 0.29) is 12.1 Å². The summed E-state index contributed by atoms with van der Waals surface area (Å²) in [4.78, 5) is 14.2. The van der Waals surface area contributed by atoms with E-state index >= 15 is 0 Å². The van der Waals surface area contributed by atoms with Crippen LogP contribution in [-0.4, -0.2) is 65.6 Å². The van der Waals surface area contributed by atoms with E-state index in [4.69, 9.17) is 0 Å². The SMILES string of the molecule is CCN1CCN(CCNc2nc(NCc3ccccc3C(F)(F)P)c3sccc3n2)CC1. The Morgan fingerprint density at radius 3 is 2.56 bits per heavy atom. The minimum absolute atomic E-state index is 0.00417. The zero-order valence-corrected chi connectivity index (χ0v) is 20.1. The Morgan fingerprint density at radius 1 is 1.06 bits per heavy atom. The number of rotatable bonds is 9. The lowest BCUT2D eigenvalue weighted by molar-refractivity contribution is 0.103. The first kappa shape index (κ1) is 23.2. The molecular formula is C22H29F2N6PS. The number of likely N-dealkylation sites (N-methyl/N-ethyl adjacent to an activating group) is 1. The summed E-state index contributed by atoms with van der Waals surface area (Å²) in [6.45, 7) is 9.62. The van der Waals surface area contributed by atoms with Gasteiger partial charge in [-0.25, -0.2) is 4.98 Å². The number of thiophene rings is 1. The normalized spacial score (nSPS) is 15.9. The molecule has 172 valence electrons. The molecule has 10 heteroatoms. The minimum Gasteiger partial charge on any atom is -0.365 e. The molecule has 1 unspecified atom stereocenters. The van der Waals surface area contributed by atoms with Gasteiger partial charge in [0, 0.05) is 51.4 Å². The van der Waals surface area contributed by atoms with Crippen LogP contribution in [0.25, 0.3) is 10.2 Å². The van der Waals surface area contributed by atoms with Crippen LogP contribution in [0.15, 0.2) is 35.7 Å². The van der Waals surface area contributed by atoms with Crippen LogP contribution >= 0.6 is 20.6 Å². The van der Waals surface area contributed by atoms with E-state index in [0.29, 0.717) is 17.3 Å². The van der Waals surface area contributed by atoms with Crippen molar-refractivity contribution in [2.75, 3.05) is 56.4 Å². The van der Waals surface area contributed by atoms with Crippen molar-refractivity contribution in [1.29, 1.82) is 0 Å². The van der Waals surface area contributed by atoms with Gasteiger partial charge in [-0.05, 0) is 23.6 Å². The molecule has 1 aliphatic heterocycles. The zero-order valence-electron chi connectivity index (χ0n) is 18.2. The van der Waals surface area contributed by atoms with E-state index in [2.05, 4.69) is 37.3 Å². The Labute approximate surface area is 193 Å². The van der Waals surface area contributed by atoms with Gasteiger partial charge in [0.05, 0.1) is 10.2 Å². The largest absolute Gasteiger partial charge is 0.365 e. The van der Waals surface area contributed by atoms with Gasteiger partial charge in [0.2, 0.25) is 5.95 Å². The number of anilines is 2. The first-order valence-electron chi connectivity index (χ1n) is 10.9. The highest BCUT2D eigenvalue weighted by Gasteiger charge is 2.27. The number of piperazine rings is 1. The summed E-state index contributed by atoms with van der Waals surface area (Å²) in [5.41, 5.74) is -1.60. The van der Waals surface area contributed by atoms with Crippen molar-refractivity contribution in [1.82, 2.24) is 19.8 Å². The van der Waals surface area contributed by atoms with Crippen molar-refractivity contribution in [3.63, 3.8) is 0 Å². The van der Waals surface area contributed by atoms with Crippen LogP contribution in [0, 0.1) is 0 Å². The molecule has 2 aromatic heterocycles. The van der Waals surface area contributed by atoms with Crippen molar-refractivity contribution >= 4 is 42.6 Å². The predicted octanol–water partition coefficient (Wildman–Crippen LogP) is 4.28. The van der Waals surface area contributed by atoms with Crippen molar-refractivity contribution in [2.45, 2.75) is 19.1 Å².